The lowest BCUT2D eigenvalue weighted by molar-refractivity contribution is -0.277. The van der Waals surface area contributed by atoms with Gasteiger partial charge >= 0.3 is 0 Å². The second-order valence-corrected chi connectivity index (χ2v) is 35.1. The number of ketones is 3. The van der Waals surface area contributed by atoms with Gasteiger partial charge in [0.25, 0.3) is 0 Å². The van der Waals surface area contributed by atoms with E-state index in [9.17, 15) is 55.2 Å². The Bertz CT molecular complexity index is 4590. The molecule has 8 aliphatic carbocycles. The van der Waals surface area contributed by atoms with E-state index in [1.165, 1.54) is 67.1 Å². The van der Waals surface area contributed by atoms with Crippen LogP contribution in [0.15, 0.2) is 78.9 Å². The molecule has 19 rings (SSSR count). The maximum atomic E-state index is 16.5. The number of aliphatic hydroxyl groups excluding tert-OH is 6. The van der Waals surface area contributed by atoms with Crippen molar-refractivity contribution < 1.29 is 103 Å². The standard InChI is InChI=1S/C85H98Cl2N6O21/c1-4-41(11-35(2)3)81(107)92-73-59(97)28-50(31-67(88)100)82(108)90-71-49-29-64(111-62-9-6-43(75(73)102)26-55(62)86)80(114-85-79(106)78(105)77(104)66(34-94)113-85)65(30-49)112-63-10-7-44(27-56(63)87)76(103)74-84(110)91-72(61(99)32-51-45-14-36-12-37(16-45)17-46(51)15-36)54-22-40(24-68(101)89-70-47-18-38-13-39(20-47)21-48(70)19-38)23-58(96)69(54)53-25-42(5-8-57(53)95)52(33-60(71)98)83(109)93-74/h5-10,22-23,25-27,29-30,35-39,41,45-48,50-52,66,70-79,85,94-96,102-106H,4,11-21,24,28,31-34H2,1-3H3,(H2,88,100)(H,89,101)(H,90,108)(H,91,110)(H,92,107)(H,93,109)/t36?,37?,38?,39?,41-,45?,46?,47?,48?,50+,51?,52-,66-,70?,71-,72+,73+,74+,75-,76-,77-,78+,79-,85?/m1/s1. The van der Waals surface area contributed by atoms with Gasteiger partial charge in [-0.25, -0.2) is 0 Å². The Labute approximate surface area is 668 Å². The molecule has 8 saturated carbocycles. The highest BCUT2D eigenvalue weighted by Crippen LogP contribution is 2.59. The Morgan fingerprint density at radius 1 is 0.614 bits per heavy atom. The smallest absolute Gasteiger partial charge is 0.246 e. The van der Waals surface area contributed by atoms with Crippen molar-refractivity contribution in [2.24, 2.45) is 76.7 Å². The quantitative estimate of drug-likeness (QED) is 0.0444. The minimum Gasteiger partial charge on any atom is -0.507 e. The van der Waals surface area contributed by atoms with E-state index in [2.05, 4.69) is 26.6 Å². The van der Waals surface area contributed by atoms with Gasteiger partial charge < -0.3 is 92.1 Å². The number of halogens is 2. The first-order valence-electron chi connectivity index (χ1n) is 40.0. The maximum Gasteiger partial charge on any atom is 0.246 e. The van der Waals surface area contributed by atoms with E-state index in [1.54, 1.807) is 13.0 Å². The van der Waals surface area contributed by atoms with E-state index in [0.29, 0.717) is 48.3 Å². The van der Waals surface area contributed by atoms with Gasteiger partial charge in [-0.3, -0.25) is 43.2 Å². The topological polar surface area (TPSA) is 439 Å². The van der Waals surface area contributed by atoms with Gasteiger partial charge in [-0.15, -0.1) is 0 Å². The van der Waals surface area contributed by atoms with E-state index in [-0.39, 0.29) is 115 Å². The first kappa shape index (κ1) is 80.4. The number of ether oxygens (including phenoxy) is 4. The predicted octanol–water partition coefficient (Wildman–Crippen LogP) is 8.01. The molecule has 6 heterocycles. The number of amides is 6. The summed E-state index contributed by atoms with van der Waals surface area (Å²) >= 11 is 14.3. The van der Waals surface area contributed by atoms with Crippen molar-refractivity contribution in [1.82, 2.24) is 26.6 Å². The fourth-order valence-corrected chi connectivity index (χ4v) is 21.5. The predicted molar refractivity (Wildman–Crippen MR) is 410 cm³/mol. The van der Waals surface area contributed by atoms with Gasteiger partial charge in [0.05, 0.1) is 34.9 Å². The molecule has 1 saturated heterocycles. The zero-order valence-corrected chi connectivity index (χ0v) is 64.9. The minimum atomic E-state index is -2.13. The number of hydrogen-bond acceptors (Lipinski definition) is 21. The van der Waals surface area contributed by atoms with Gasteiger partial charge in [0.15, 0.2) is 28.8 Å². The zero-order chi connectivity index (χ0) is 80.7. The molecule has 0 aromatic heterocycles. The summed E-state index contributed by atoms with van der Waals surface area (Å²) in [5.41, 5.74) is 5.07. The number of fused-ring (bicyclic) bond motifs is 15. The van der Waals surface area contributed by atoms with E-state index < -0.39 is 186 Å². The van der Waals surface area contributed by atoms with Crippen LogP contribution in [0.1, 0.15) is 187 Å². The fraction of sp³-hybridized carbons (Fsp3) is 0.541. The number of carbonyl (C=O) groups is 9. The lowest BCUT2D eigenvalue weighted by Crippen LogP contribution is -2.60. The van der Waals surface area contributed by atoms with Crippen molar-refractivity contribution in [2.75, 3.05) is 6.61 Å². The minimum absolute atomic E-state index is 0.00398. The number of carbonyl (C=O) groups excluding carboxylic acids is 9. The van der Waals surface area contributed by atoms with Crippen molar-refractivity contribution in [3.63, 3.8) is 0 Å². The molecule has 6 aliphatic heterocycles. The zero-order valence-electron chi connectivity index (χ0n) is 63.4. The number of aromatic hydroxyl groups is 2. The van der Waals surface area contributed by atoms with Crippen molar-refractivity contribution in [3.8, 4) is 51.4 Å². The van der Waals surface area contributed by atoms with Crippen LogP contribution in [0.4, 0.5) is 0 Å². The Kier molecular flexibility index (Phi) is 23.1. The van der Waals surface area contributed by atoms with Gasteiger partial charge in [-0.05, 0) is 224 Å². The number of benzene rings is 5. The van der Waals surface area contributed by atoms with Crippen LogP contribution in [0.3, 0.4) is 0 Å². The molecule has 114 heavy (non-hydrogen) atoms. The summed E-state index contributed by atoms with van der Waals surface area (Å²) in [6.07, 6.45) is -6.03. The number of hydrogen-bond donors (Lipinski definition) is 14. The number of rotatable bonds is 16. The summed E-state index contributed by atoms with van der Waals surface area (Å²) in [5.74, 6) is -12.6. The van der Waals surface area contributed by atoms with Crippen LogP contribution in [-0.2, 0) is 54.3 Å². The van der Waals surface area contributed by atoms with Crippen molar-refractivity contribution in [3.05, 3.63) is 122 Å². The van der Waals surface area contributed by atoms with Crippen LogP contribution in [0, 0.1) is 71.0 Å². The van der Waals surface area contributed by atoms with E-state index in [4.69, 9.17) is 47.9 Å². The molecule has 19 bridgehead atoms. The molecular formula is C85H98Cl2N6O21. The van der Waals surface area contributed by atoms with E-state index in [1.807, 2.05) is 13.8 Å². The highest BCUT2D eigenvalue weighted by molar-refractivity contribution is 6.32. The monoisotopic (exact) mass is 1610 g/mol. The number of primary amides is 1. The molecule has 29 heteroatoms. The number of Topliss-reactive ketones (excluding diaryl/α,β-unsaturated/α-hetero) is 3. The summed E-state index contributed by atoms with van der Waals surface area (Å²) in [6, 6.07) is 8.61. The van der Waals surface area contributed by atoms with Crippen LogP contribution >= 0.6 is 23.2 Å². The molecule has 9 fully saturated rings. The Balaban J connectivity index is 0.898. The number of phenols is 2. The molecule has 14 atom stereocenters. The first-order valence-corrected chi connectivity index (χ1v) is 40.7. The summed E-state index contributed by atoms with van der Waals surface area (Å²) in [6.45, 7) is 4.64. The third-order valence-corrected chi connectivity index (χ3v) is 26.8. The van der Waals surface area contributed by atoms with E-state index >= 15 is 28.8 Å². The van der Waals surface area contributed by atoms with E-state index in [0.717, 1.165) is 69.9 Å². The van der Waals surface area contributed by atoms with Crippen LogP contribution in [0.25, 0.3) is 11.1 Å². The van der Waals surface area contributed by atoms with Gasteiger partial charge in [-0.2, -0.15) is 0 Å². The van der Waals surface area contributed by atoms with Crippen molar-refractivity contribution >= 4 is 76.0 Å². The van der Waals surface area contributed by atoms with Gasteiger partial charge in [0.1, 0.15) is 83.8 Å². The lowest BCUT2D eigenvalue weighted by atomic mass is 9.51. The summed E-state index contributed by atoms with van der Waals surface area (Å²) in [5, 5.41) is 108. The SMILES string of the molecule is CC[C@H](CC(C)C)C(=O)N[C@H]1C(=O)C[C@@H](CC(N)=O)C(=O)N[C@H]2C(=O)C[C@H]3C(=O)N[C@H](C(=O)N[C@H](C(=O)CC4C5CC6CC(C5)CC4C6)c4cc(CC(=O)NC5C6CC7CC(C6)CC5C7)cc(O)c4-c4cc3ccc4O)[C@H](O)c3ccc(c(Cl)c3)Oc3cc2cc(c3OC2O[C@H](CO)[C@@H](O)[C@H](O)[C@H]2O)Oc2ccc(cc2Cl)[C@H]1O. The molecule has 0 radical (unpaired) electrons. The first-order chi connectivity index (χ1) is 54.4. The summed E-state index contributed by atoms with van der Waals surface area (Å²) < 4.78 is 25.6. The largest absolute Gasteiger partial charge is 0.507 e. The molecular weight excluding hydrogens is 1510 g/mol. The van der Waals surface area contributed by atoms with Crippen LogP contribution in [0.5, 0.6) is 40.2 Å². The summed E-state index contributed by atoms with van der Waals surface area (Å²) in [7, 11) is 0. The fourth-order valence-electron chi connectivity index (χ4n) is 21.0. The maximum absolute atomic E-state index is 16.5. The molecule has 1 unspecified atom stereocenters. The second-order valence-electron chi connectivity index (χ2n) is 34.3. The Morgan fingerprint density at radius 2 is 1.21 bits per heavy atom. The Morgan fingerprint density at radius 3 is 1.79 bits per heavy atom. The van der Waals surface area contributed by atoms with Crippen molar-refractivity contribution in [2.45, 2.75) is 209 Å². The molecule has 27 nitrogen and oxygen atoms in total. The van der Waals surface area contributed by atoms with Crippen molar-refractivity contribution in [1.29, 1.82) is 0 Å². The van der Waals surface area contributed by atoms with Gasteiger partial charge in [0.2, 0.25) is 47.5 Å². The van der Waals surface area contributed by atoms with Crippen LogP contribution < -0.4 is 46.5 Å². The number of nitrogens with one attached hydrogen (secondary N) is 5. The van der Waals surface area contributed by atoms with Gasteiger partial charge in [0, 0.05) is 48.8 Å². The average Bonchev–Trinajstić information content (AvgIpc) is 0.762. The molecule has 14 aliphatic rings. The molecule has 608 valence electrons. The molecule has 0 spiro atoms. The molecule has 5 aromatic carbocycles. The second kappa shape index (κ2) is 32.7. The van der Waals surface area contributed by atoms with Crippen LogP contribution in [-0.4, -0.2) is 149 Å². The molecule has 6 amide bonds. The van der Waals surface area contributed by atoms with Gasteiger partial charge in [-0.1, -0.05) is 68.2 Å². The number of phenolic OH excluding ortho intramolecular Hbond substituents is 2. The third kappa shape index (κ3) is 16.2. The number of nitrogens with two attached hydrogens (primary N) is 1. The highest BCUT2D eigenvalue weighted by atomic mass is 35.5. The normalized spacial score (nSPS) is 33.1. The average molecular weight is 1610 g/mol. The molecule has 5 aromatic rings. The third-order valence-electron chi connectivity index (χ3n) is 26.2. The Hall–Kier alpha value is -8.77. The lowest BCUT2D eigenvalue weighted by Gasteiger charge is -2.54. The molecule has 15 N–H and O–H groups in total. The number of aliphatic hydroxyl groups is 6. The highest BCUT2D eigenvalue weighted by Gasteiger charge is 2.53. The summed E-state index contributed by atoms with van der Waals surface area (Å²) in [4.78, 5) is 137. The van der Waals surface area contributed by atoms with Crippen LogP contribution in [0.2, 0.25) is 10.0 Å².